The highest BCUT2D eigenvalue weighted by molar-refractivity contribution is 6.36. The maximum atomic E-state index is 12.8. The van der Waals surface area contributed by atoms with Crippen LogP contribution in [0.2, 0.25) is 10.0 Å². The summed E-state index contributed by atoms with van der Waals surface area (Å²) < 4.78 is 5.27. The van der Waals surface area contributed by atoms with Gasteiger partial charge in [-0.05, 0) is 61.7 Å². The first-order chi connectivity index (χ1) is 13.8. The number of hydrogen-bond donors (Lipinski definition) is 2. The maximum Gasteiger partial charge on any atom is 0.341 e. The number of rotatable bonds is 7. The summed E-state index contributed by atoms with van der Waals surface area (Å²) in [7, 11) is 0. The van der Waals surface area contributed by atoms with E-state index in [1.165, 1.54) is 0 Å². The summed E-state index contributed by atoms with van der Waals surface area (Å²) in [5.41, 5.74) is 2.44. The monoisotopic (exact) mass is 436 g/mol. The molecule has 1 amide bonds. The van der Waals surface area contributed by atoms with E-state index in [4.69, 9.17) is 33.0 Å². The van der Waals surface area contributed by atoms with Gasteiger partial charge in [0.1, 0.15) is 5.75 Å². The standard InChI is InChI=1S/C21H22Cl2N2O4/c1-13-9-14(4-7-19(13)29-12-20(26)27)11-25-8-2-3-18(25)21(28)24-17-6-5-15(22)10-16(17)23/h4-7,9-10,18H,2-3,8,11-12H2,1H3,(H,24,28)(H,26,27). The Morgan fingerprint density at radius 2 is 2.03 bits per heavy atom. The van der Waals surface area contributed by atoms with E-state index in [0.29, 0.717) is 28.0 Å². The number of aryl methyl sites for hydroxylation is 1. The zero-order chi connectivity index (χ0) is 21.0. The number of ether oxygens (including phenoxy) is 1. The summed E-state index contributed by atoms with van der Waals surface area (Å²) >= 11 is 12.1. The second-order valence-corrected chi connectivity index (χ2v) is 7.87. The van der Waals surface area contributed by atoms with E-state index in [9.17, 15) is 9.59 Å². The number of nitrogens with zero attached hydrogens (tertiary/aromatic N) is 1. The average Bonchev–Trinajstić information content (AvgIpc) is 3.11. The molecule has 0 aliphatic carbocycles. The van der Waals surface area contributed by atoms with E-state index in [0.717, 1.165) is 30.5 Å². The number of amides is 1. The van der Waals surface area contributed by atoms with Crippen molar-refractivity contribution < 1.29 is 19.4 Å². The smallest absolute Gasteiger partial charge is 0.341 e. The van der Waals surface area contributed by atoms with E-state index in [2.05, 4.69) is 10.2 Å². The second kappa shape index (κ2) is 9.48. The van der Waals surface area contributed by atoms with Crippen molar-refractivity contribution in [3.63, 3.8) is 0 Å². The summed E-state index contributed by atoms with van der Waals surface area (Å²) in [6, 6.07) is 10.4. The summed E-state index contributed by atoms with van der Waals surface area (Å²) in [6.07, 6.45) is 1.71. The highest BCUT2D eigenvalue weighted by Gasteiger charge is 2.31. The molecule has 1 aliphatic rings. The minimum Gasteiger partial charge on any atom is -0.482 e. The highest BCUT2D eigenvalue weighted by Crippen LogP contribution is 2.28. The van der Waals surface area contributed by atoms with Crippen LogP contribution in [-0.2, 0) is 16.1 Å². The number of nitrogens with one attached hydrogen (secondary N) is 1. The van der Waals surface area contributed by atoms with Crippen LogP contribution < -0.4 is 10.1 Å². The molecule has 1 saturated heterocycles. The normalized spacial score (nSPS) is 16.6. The van der Waals surface area contributed by atoms with Gasteiger partial charge in [0.05, 0.1) is 16.8 Å². The lowest BCUT2D eigenvalue weighted by Crippen LogP contribution is -2.39. The number of anilines is 1. The van der Waals surface area contributed by atoms with E-state index in [1.54, 1.807) is 24.3 Å². The molecule has 29 heavy (non-hydrogen) atoms. The summed E-state index contributed by atoms with van der Waals surface area (Å²) in [5.74, 6) is -0.561. The largest absolute Gasteiger partial charge is 0.482 e. The Bertz CT molecular complexity index is 920. The maximum absolute atomic E-state index is 12.8. The molecule has 1 atom stereocenters. The van der Waals surface area contributed by atoms with Gasteiger partial charge >= 0.3 is 5.97 Å². The molecule has 0 spiro atoms. The van der Waals surface area contributed by atoms with Gasteiger partial charge in [-0.1, -0.05) is 35.3 Å². The van der Waals surface area contributed by atoms with Crippen LogP contribution in [0.25, 0.3) is 0 Å². The number of carboxylic acids is 1. The fourth-order valence-corrected chi connectivity index (χ4v) is 3.92. The number of halogens is 2. The SMILES string of the molecule is Cc1cc(CN2CCCC2C(=O)Nc2ccc(Cl)cc2Cl)ccc1OCC(=O)O. The number of carbonyl (C=O) groups is 2. The van der Waals surface area contributed by atoms with Crippen LogP contribution in [0.5, 0.6) is 5.75 Å². The Morgan fingerprint density at radius 1 is 1.24 bits per heavy atom. The molecule has 1 unspecified atom stereocenters. The van der Waals surface area contributed by atoms with Gasteiger partial charge in [0.15, 0.2) is 6.61 Å². The highest BCUT2D eigenvalue weighted by atomic mass is 35.5. The van der Waals surface area contributed by atoms with Crippen LogP contribution in [0.4, 0.5) is 5.69 Å². The zero-order valence-corrected chi connectivity index (χ0v) is 17.5. The van der Waals surface area contributed by atoms with Crippen molar-refractivity contribution >= 4 is 40.8 Å². The lowest BCUT2D eigenvalue weighted by Gasteiger charge is -2.24. The van der Waals surface area contributed by atoms with Crippen LogP contribution in [0.3, 0.4) is 0 Å². The van der Waals surface area contributed by atoms with E-state index in [1.807, 2.05) is 19.1 Å². The minimum absolute atomic E-state index is 0.0927. The van der Waals surface area contributed by atoms with Crippen LogP contribution >= 0.6 is 23.2 Å². The third kappa shape index (κ3) is 5.63. The van der Waals surface area contributed by atoms with E-state index < -0.39 is 5.97 Å². The molecule has 1 fully saturated rings. The number of hydrogen-bond acceptors (Lipinski definition) is 4. The first-order valence-corrected chi connectivity index (χ1v) is 10.0. The van der Waals surface area contributed by atoms with Crippen molar-refractivity contribution in [2.24, 2.45) is 0 Å². The second-order valence-electron chi connectivity index (χ2n) is 7.02. The molecule has 154 valence electrons. The predicted molar refractivity (Wildman–Crippen MR) is 113 cm³/mol. The molecule has 0 radical (unpaired) electrons. The third-order valence-electron chi connectivity index (χ3n) is 4.83. The molecular weight excluding hydrogens is 415 g/mol. The van der Waals surface area contributed by atoms with Crippen molar-refractivity contribution in [1.82, 2.24) is 4.90 Å². The fraction of sp³-hybridized carbons (Fsp3) is 0.333. The summed E-state index contributed by atoms with van der Waals surface area (Å²) in [4.78, 5) is 25.6. The number of likely N-dealkylation sites (tertiary alicyclic amines) is 1. The van der Waals surface area contributed by atoms with Gasteiger partial charge in [-0.3, -0.25) is 9.69 Å². The number of carboxylic acid groups (broad SMARTS) is 1. The molecule has 1 heterocycles. The molecule has 0 aromatic heterocycles. The van der Waals surface area contributed by atoms with Crippen molar-refractivity contribution in [3.8, 4) is 5.75 Å². The lowest BCUT2D eigenvalue weighted by molar-refractivity contribution is -0.139. The minimum atomic E-state index is -1.01. The van der Waals surface area contributed by atoms with Crippen molar-refractivity contribution in [3.05, 3.63) is 57.6 Å². The molecule has 1 aliphatic heterocycles. The molecule has 8 heteroatoms. The molecule has 3 rings (SSSR count). The van der Waals surface area contributed by atoms with Crippen LogP contribution in [0.15, 0.2) is 36.4 Å². The van der Waals surface area contributed by atoms with Crippen molar-refractivity contribution in [2.45, 2.75) is 32.4 Å². The lowest BCUT2D eigenvalue weighted by atomic mass is 10.1. The molecule has 2 aromatic rings. The van der Waals surface area contributed by atoms with Crippen molar-refractivity contribution in [2.75, 3.05) is 18.5 Å². The van der Waals surface area contributed by atoms with Gasteiger partial charge in [-0.15, -0.1) is 0 Å². The Kier molecular flexibility index (Phi) is 7.00. The van der Waals surface area contributed by atoms with Gasteiger partial charge in [0, 0.05) is 11.6 Å². The zero-order valence-electron chi connectivity index (χ0n) is 16.0. The topological polar surface area (TPSA) is 78.9 Å². The predicted octanol–water partition coefficient (Wildman–Crippen LogP) is 4.37. The van der Waals surface area contributed by atoms with Gasteiger partial charge in [0.25, 0.3) is 0 Å². The van der Waals surface area contributed by atoms with Gasteiger partial charge in [-0.2, -0.15) is 0 Å². The Hall–Kier alpha value is -2.28. The Balaban J connectivity index is 1.65. The fourth-order valence-electron chi connectivity index (χ4n) is 3.46. The number of aliphatic carboxylic acids is 1. The summed E-state index contributed by atoms with van der Waals surface area (Å²) in [6.45, 7) is 2.94. The molecule has 0 saturated carbocycles. The van der Waals surface area contributed by atoms with Crippen LogP contribution in [-0.4, -0.2) is 41.1 Å². The van der Waals surface area contributed by atoms with E-state index >= 15 is 0 Å². The van der Waals surface area contributed by atoms with E-state index in [-0.39, 0.29) is 18.6 Å². The Labute approximate surface area is 179 Å². The quantitative estimate of drug-likeness (QED) is 0.673. The Morgan fingerprint density at radius 3 is 2.72 bits per heavy atom. The van der Waals surface area contributed by atoms with Gasteiger partial charge < -0.3 is 15.2 Å². The third-order valence-corrected chi connectivity index (χ3v) is 5.38. The van der Waals surface area contributed by atoms with Crippen LogP contribution in [0.1, 0.15) is 24.0 Å². The average molecular weight is 437 g/mol. The first kappa shape index (κ1) is 21.4. The van der Waals surface area contributed by atoms with Crippen LogP contribution in [0, 0.1) is 6.92 Å². The van der Waals surface area contributed by atoms with Gasteiger partial charge in [-0.25, -0.2) is 4.79 Å². The first-order valence-electron chi connectivity index (χ1n) is 9.27. The van der Waals surface area contributed by atoms with Gasteiger partial charge in [0.2, 0.25) is 5.91 Å². The summed E-state index contributed by atoms with van der Waals surface area (Å²) in [5, 5.41) is 12.6. The molecule has 6 nitrogen and oxygen atoms in total. The molecule has 0 bridgehead atoms. The molecule has 2 N–H and O–H groups in total. The molecular formula is C21H22Cl2N2O4. The van der Waals surface area contributed by atoms with Crippen molar-refractivity contribution in [1.29, 1.82) is 0 Å². The number of carbonyl (C=O) groups excluding carboxylic acids is 1. The molecule has 2 aromatic carbocycles. The number of benzene rings is 2.